The number of fused-ring (bicyclic) bond motifs is 1. The molecule has 1 saturated heterocycles. The summed E-state index contributed by atoms with van der Waals surface area (Å²) >= 11 is 0. The molecule has 1 fully saturated rings. The normalized spacial score (nSPS) is 23.6. The Morgan fingerprint density at radius 3 is 3.17 bits per heavy atom. The molecule has 1 aromatic carbocycles. The number of carbonyl (C=O) groups is 1. The summed E-state index contributed by atoms with van der Waals surface area (Å²) in [6.45, 7) is 3.45. The second kappa shape index (κ2) is 7.96. The molecule has 132 valence electrons. The molecule has 2 aliphatic heterocycles. The second-order valence-corrected chi connectivity index (χ2v) is 6.61. The van der Waals surface area contributed by atoms with Crippen LogP contribution >= 0.6 is 0 Å². The summed E-state index contributed by atoms with van der Waals surface area (Å²) in [6.07, 6.45) is 1.86. The van der Waals surface area contributed by atoms with Crippen molar-refractivity contribution in [3.05, 3.63) is 29.3 Å². The van der Waals surface area contributed by atoms with Gasteiger partial charge >= 0.3 is 0 Å². The first kappa shape index (κ1) is 17.2. The van der Waals surface area contributed by atoms with E-state index >= 15 is 0 Å². The number of rotatable bonds is 6. The van der Waals surface area contributed by atoms with Gasteiger partial charge in [0.05, 0.1) is 6.61 Å². The molecule has 0 radical (unpaired) electrons. The Balaban J connectivity index is 1.61. The molecule has 24 heavy (non-hydrogen) atoms. The van der Waals surface area contributed by atoms with Crippen molar-refractivity contribution in [2.24, 2.45) is 5.92 Å². The van der Waals surface area contributed by atoms with Crippen molar-refractivity contribution in [3.8, 4) is 5.75 Å². The maximum Gasteiger partial charge on any atom is 0.246 e. The van der Waals surface area contributed by atoms with Crippen molar-refractivity contribution in [3.63, 3.8) is 0 Å². The highest BCUT2D eigenvalue weighted by Gasteiger charge is 2.30. The van der Waals surface area contributed by atoms with E-state index in [0.717, 1.165) is 44.8 Å². The molecule has 0 spiro atoms. The number of hydrogen-bond acceptors (Lipinski definition) is 5. The summed E-state index contributed by atoms with van der Waals surface area (Å²) in [4.78, 5) is 14.2. The zero-order valence-corrected chi connectivity index (χ0v) is 14.2. The predicted octanol–water partition coefficient (Wildman–Crippen LogP) is 0.567. The van der Waals surface area contributed by atoms with Crippen LogP contribution in [0.25, 0.3) is 0 Å². The number of likely N-dealkylation sites (tertiary alicyclic amines) is 1. The Morgan fingerprint density at radius 2 is 2.38 bits per heavy atom. The minimum absolute atomic E-state index is 0.0378. The summed E-state index contributed by atoms with van der Waals surface area (Å²) in [6, 6.07) is 6.35. The molecule has 0 aromatic heterocycles. The first-order valence-corrected chi connectivity index (χ1v) is 8.55. The van der Waals surface area contributed by atoms with E-state index in [4.69, 9.17) is 9.47 Å². The van der Waals surface area contributed by atoms with Gasteiger partial charge in [0.15, 0.2) is 0 Å². The molecule has 6 nitrogen and oxygen atoms in total. The molecule has 2 aliphatic rings. The number of benzene rings is 1. The zero-order chi connectivity index (χ0) is 16.9. The van der Waals surface area contributed by atoms with Gasteiger partial charge in [-0.15, -0.1) is 0 Å². The monoisotopic (exact) mass is 334 g/mol. The van der Waals surface area contributed by atoms with E-state index < -0.39 is 0 Å². The SMILES string of the molecule is COCC(=O)N[C@@H]1CN(Cc2ccc3c(c2)CCO3)CC[C@@H]1CO. The number of aliphatic hydroxyl groups excluding tert-OH is 1. The second-order valence-electron chi connectivity index (χ2n) is 6.61. The van der Waals surface area contributed by atoms with Crippen LogP contribution in [-0.2, 0) is 22.5 Å². The Kier molecular flexibility index (Phi) is 5.71. The highest BCUT2D eigenvalue weighted by Crippen LogP contribution is 2.27. The number of ether oxygens (including phenoxy) is 2. The molecule has 0 saturated carbocycles. The van der Waals surface area contributed by atoms with Crippen LogP contribution in [0.4, 0.5) is 0 Å². The number of hydrogen-bond donors (Lipinski definition) is 2. The first-order valence-electron chi connectivity index (χ1n) is 8.55. The topological polar surface area (TPSA) is 71.0 Å². The van der Waals surface area contributed by atoms with Crippen molar-refractivity contribution < 1.29 is 19.4 Å². The van der Waals surface area contributed by atoms with Gasteiger partial charge in [-0.05, 0) is 30.2 Å². The highest BCUT2D eigenvalue weighted by molar-refractivity contribution is 5.77. The van der Waals surface area contributed by atoms with E-state index in [0.29, 0.717) is 0 Å². The molecule has 0 aliphatic carbocycles. The summed E-state index contributed by atoms with van der Waals surface area (Å²) in [7, 11) is 1.51. The summed E-state index contributed by atoms with van der Waals surface area (Å²) in [5.41, 5.74) is 2.55. The van der Waals surface area contributed by atoms with Crippen LogP contribution in [0.1, 0.15) is 17.5 Å². The maximum absolute atomic E-state index is 11.8. The van der Waals surface area contributed by atoms with Crippen molar-refractivity contribution in [2.45, 2.75) is 25.4 Å². The van der Waals surface area contributed by atoms with Crippen molar-refractivity contribution in [2.75, 3.05) is 40.0 Å². The van der Waals surface area contributed by atoms with Crippen LogP contribution in [0.15, 0.2) is 18.2 Å². The van der Waals surface area contributed by atoms with E-state index in [1.165, 1.54) is 18.2 Å². The molecule has 1 aromatic rings. The van der Waals surface area contributed by atoms with Crippen LogP contribution in [0.5, 0.6) is 5.75 Å². The lowest BCUT2D eigenvalue weighted by atomic mass is 9.92. The van der Waals surface area contributed by atoms with E-state index in [1.54, 1.807) is 0 Å². The van der Waals surface area contributed by atoms with E-state index in [-0.39, 0.29) is 31.1 Å². The Bertz CT molecular complexity index is 578. The highest BCUT2D eigenvalue weighted by atomic mass is 16.5. The number of piperidine rings is 1. The third-order valence-electron chi connectivity index (χ3n) is 4.86. The minimum Gasteiger partial charge on any atom is -0.493 e. The van der Waals surface area contributed by atoms with Crippen LogP contribution < -0.4 is 10.1 Å². The molecule has 0 unspecified atom stereocenters. The van der Waals surface area contributed by atoms with Gasteiger partial charge in [-0.3, -0.25) is 9.69 Å². The van der Waals surface area contributed by atoms with Crippen LogP contribution in [0, 0.1) is 5.92 Å². The van der Waals surface area contributed by atoms with Crippen LogP contribution in [0.3, 0.4) is 0 Å². The molecular weight excluding hydrogens is 308 g/mol. The number of nitrogens with zero attached hydrogens (tertiary/aromatic N) is 1. The van der Waals surface area contributed by atoms with Crippen molar-refractivity contribution in [1.82, 2.24) is 10.2 Å². The Morgan fingerprint density at radius 1 is 1.50 bits per heavy atom. The average Bonchev–Trinajstić information content (AvgIpc) is 3.03. The lowest BCUT2D eigenvalue weighted by molar-refractivity contribution is -0.126. The molecule has 1 amide bonds. The predicted molar refractivity (Wildman–Crippen MR) is 89.9 cm³/mol. The molecule has 2 atom stereocenters. The van der Waals surface area contributed by atoms with Gasteiger partial charge in [0.25, 0.3) is 0 Å². The fourth-order valence-corrected chi connectivity index (χ4v) is 3.57. The summed E-state index contributed by atoms with van der Waals surface area (Å²) in [5, 5.41) is 12.6. The lowest BCUT2D eigenvalue weighted by Gasteiger charge is -2.38. The summed E-state index contributed by atoms with van der Waals surface area (Å²) < 4.78 is 10.4. The number of methoxy groups -OCH3 is 1. The lowest BCUT2D eigenvalue weighted by Crippen LogP contribution is -2.53. The molecular formula is C18H26N2O4. The average molecular weight is 334 g/mol. The number of nitrogens with one attached hydrogen (secondary N) is 1. The van der Waals surface area contributed by atoms with Crippen molar-refractivity contribution in [1.29, 1.82) is 0 Å². The van der Waals surface area contributed by atoms with Gasteiger partial charge in [-0.1, -0.05) is 12.1 Å². The van der Waals surface area contributed by atoms with Crippen molar-refractivity contribution >= 4 is 5.91 Å². The van der Waals surface area contributed by atoms with Crippen LogP contribution in [-0.4, -0.2) is 62.0 Å². The minimum atomic E-state index is -0.127. The first-order chi connectivity index (χ1) is 11.7. The molecule has 6 heteroatoms. The van der Waals surface area contributed by atoms with E-state index in [2.05, 4.69) is 28.4 Å². The molecule has 3 rings (SSSR count). The van der Waals surface area contributed by atoms with E-state index in [9.17, 15) is 9.90 Å². The molecule has 2 heterocycles. The van der Waals surface area contributed by atoms with Gasteiger partial charge in [0.2, 0.25) is 5.91 Å². The van der Waals surface area contributed by atoms with Gasteiger partial charge in [0, 0.05) is 45.2 Å². The summed E-state index contributed by atoms with van der Waals surface area (Å²) in [5.74, 6) is 0.982. The van der Waals surface area contributed by atoms with Gasteiger partial charge < -0.3 is 19.9 Å². The number of carbonyl (C=O) groups excluding carboxylic acids is 1. The van der Waals surface area contributed by atoms with Crippen LogP contribution in [0.2, 0.25) is 0 Å². The largest absolute Gasteiger partial charge is 0.493 e. The third kappa shape index (κ3) is 4.06. The Labute approximate surface area is 142 Å². The van der Waals surface area contributed by atoms with Gasteiger partial charge in [0.1, 0.15) is 12.4 Å². The third-order valence-corrected chi connectivity index (χ3v) is 4.86. The van der Waals surface area contributed by atoms with Gasteiger partial charge in [-0.25, -0.2) is 0 Å². The standard InChI is InChI=1S/C18H26N2O4/c1-23-12-18(22)19-16-10-20(6-4-15(16)11-21)9-13-2-3-17-14(8-13)5-7-24-17/h2-3,8,15-16,21H,4-7,9-12H2,1H3,(H,19,22)/t15-,16-/m1/s1. The quantitative estimate of drug-likeness (QED) is 0.796. The van der Waals surface area contributed by atoms with Gasteiger partial charge in [-0.2, -0.15) is 0 Å². The smallest absolute Gasteiger partial charge is 0.246 e. The molecule has 2 N–H and O–H groups in total. The fourth-order valence-electron chi connectivity index (χ4n) is 3.57. The number of amides is 1. The number of aliphatic hydroxyl groups is 1. The molecule has 0 bridgehead atoms. The Hall–Kier alpha value is -1.63. The maximum atomic E-state index is 11.8. The fraction of sp³-hybridized carbons (Fsp3) is 0.611. The van der Waals surface area contributed by atoms with E-state index in [1.807, 2.05) is 0 Å². The zero-order valence-electron chi connectivity index (χ0n) is 14.2.